The number of hydrogen-bond donors (Lipinski definition) is 1. The van der Waals surface area contributed by atoms with E-state index < -0.39 is 22.2 Å². The van der Waals surface area contributed by atoms with Gasteiger partial charge in [0.2, 0.25) is 0 Å². The van der Waals surface area contributed by atoms with E-state index in [9.17, 15) is 28.1 Å². The number of H-pyrrole nitrogens is 1. The molecule has 168 valence electrons. The topological polar surface area (TPSA) is 85.2 Å². The highest BCUT2D eigenvalue weighted by Gasteiger charge is 2.31. The Balaban J connectivity index is 2.12. The van der Waals surface area contributed by atoms with E-state index in [0.717, 1.165) is 12.1 Å². The lowest BCUT2D eigenvalue weighted by molar-refractivity contribution is -0.384. The number of nitrogens with one attached hydrogen (secondary N) is 1. The summed E-state index contributed by atoms with van der Waals surface area (Å²) in [6, 6.07) is 12.8. The number of nitrogens with zero attached hydrogens (tertiary/aromatic N) is 1. The number of fused-ring (bicyclic) bond motifs is 1. The zero-order chi connectivity index (χ0) is 23.9. The summed E-state index contributed by atoms with van der Waals surface area (Å²) in [5, 5.41) is 11.4. The Bertz CT molecular complexity index is 1450. The smallest absolute Gasteiger partial charge is 0.416 e. The zero-order valence-corrected chi connectivity index (χ0v) is 17.6. The summed E-state index contributed by atoms with van der Waals surface area (Å²) >= 11 is 6.12. The number of halogens is 4. The van der Waals surface area contributed by atoms with Crippen molar-refractivity contribution in [1.82, 2.24) is 4.98 Å². The Morgan fingerprint density at radius 3 is 2.24 bits per heavy atom. The quantitative estimate of drug-likeness (QED) is 0.272. The van der Waals surface area contributed by atoms with Crippen molar-refractivity contribution in [1.29, 1.82) is 0 Å². The number of nitro benzene ring substituents is 1. The molecule has 0 aliphatic carbocycles. The minimum absolute atomic E-state index is 0.0566. The summed E-state index contributed by atoms with van der Waals surface area (Å²) in [6.07, 6.45) is -4.60. The predicted octanol–water partition coefficient (Wildman–Crippen LogP) is 6.45. The van der Waals surface area contributed by atoms with Gasteiger partial charge in [0.05, 0.1) is 28.2 Å². The number of pyridine rings is 1. The van der Waals surface area contributed by atoms with Crippen molar-refractivity contribution in [2.45, 2.75) is 6.18 Å². The van der Waals surface area contributed by atoms with Crippen LogP contribution in [0.15, 0.2) is 65.5 Å². The van der Waals surface area contributed by atoms with Gasteiger partial charge >= 0.3 is 6.18 Å². The minimum atomic E-state index is -4.60. The maximum Gasteiger partial charge on any atom is 0.416 e. The summed E-state index contributed by atoms with van der Waals surface area (Å²) in [4.78, 5) is 26.1. The first kappa shape index (κ1) is 22.3. The molecule has 0 unspecified atom stereocenters. The number of hydrogen-bond acceptors (Lipinski definition) is 4. The number of methoxy groups -OCH3 is 1. The van der Waals surface area contributed by atoms with E-state index in [-0.39, 0.29) is 38.5 Å². The van der Waals surface area contributed by atoms with Crippen LogP contribution in [-0.4, -0.2) is 17.0 Å². The Kier molecular flexibility index (Phi) is 5.59. The van der Waals surface area contributed by atoms with Crippen molar-refractivity contribution < 1.29 is 22.8 Å². The predicted molar refractivity (Wildman–Crippen MR) is 119 cm³/mol. The second-order valence-electron chi connectivity index (χ2n) is 7.12. The van der Waals surface area contributed by atoms with Gasteiger partial charge in [-0.3, -0.25) is 14.9 Å². The third-order valence-corrected chi connectivity index (χ3v) is 5.46. The highest BCUT2D eigenvalue weighted by molar-refractivity contribution is 6.32. The number of alkyl halides is 3. The first-order valence-electron chi connectivity index (χ1n) is 9.46. The number of benzene rings is 3. The van der Waals surface area contributed by atoms with Crippen molar-refractivity contribution >= 4 is 28.2 Å². The summed E-state index contributed by atoms with van der Waals surface area (Å²) < 4.78 is 45.7. The highest BCUT2D eigenvalue weighted by atomic mass is 35.5. The van der Waals surface area contributed by atoms with Gasteiger partial charge in [-0.1, -0.05) is 17.7 Å². The van der Waals surface area contributed by atoms with Crippen LogP contribution in [0.3, 0.4) is 0 Å². The van der Waals surface area contributed by atoms with Crippen molar-refractivity contribution in [3.05, 3.63) is 91.7 Å². The van der Waals surface area contributed by atoms with Gasteiger partial charge < -0.3 is 9.72 Å². The monoisotopic (exact) mass is 474 g/mol. The van der Waals surface area contributed by atoms with Crippen LogP contribution < -0.4 is 10.3 Å². The van der Waals surface area contributed by atoms with E-state index in [1.807, 2.05) is 0 Å². The van der Waals surface area contributed by atoms with Crippen molar-refractivity contribution in [2.24, 2.45) is 0 Å². The van der Waals surface area contributed by atoms with Crippen molar-refractivity contribution in [3.63, 3.8) is 0 Å². The molecule has 0 radical (unpaired) electrons. The maximum absolute atomic E-state index is 13.5. The number of ether oxygens (including phenoxy) is 1. The van der Waals surface area contributed by atoms with Crippen LogP contribution in [0.5, 0.6) is 5.75 Å². The maximum atomic E-state index is 13.5. The van der Waals surface area contributed by atoms with Crippen LogP contribution in [-0.2, 0) is 6.18 Å². The molecule has 33 heavy (non-hydrogen) atoms. The summed E-state index contributed by atoms with van der Waals surface area (Å²) in [7, 11) is 1.39. The van der Waals surface area contributed by atoms with Crippen molar-refractivity contribution in [2.75, 3.05) is 7.11 Å². The van der Waals surface area contributed by atoms with Gasteiger partial charge in [0.1, 0.15) is 5.75 Å². The summed E-state index contributed by atoms with van der Waals surface area (Å²) in [5.74, 6) is 0.268. The molecular weight excluding hydrogens is 461 g/mol. The molecule has 0 saturated carbocycles. The van der Waals surface area contributed by atoms with E-state index in [0.29, 0.717) is 11.1 Å². The van der Waals surface area contributed by atoms with Crippen LogP contribution in [0.25, 0.3) is 33.2 Å². The fraction of sp³-hybridized carbons (Fsp3) is 0.0870. The molecule has 4 rings (SSSR count). The molecule has 3 aromatic carbocycles. The lowest BCUT2D eigenvalue weighted by Crippen LogP contribution is -2.12. The van der Waals surface area contributed by atoms with E-state index in [4.69, 9.17) is 16.3 Å². The number of nitro groups is 1. The normalized spacial score (nSPS) is 11.5. The zero-order valence-electron chi connectivity index (χ0n) is 16.9. The average Bonchev–Trinajstić information content (AvgIpc) is 2.77. The molecule has 0 amide bonds. The molecule has 0 aliphatic rings. The summed E-state index contributed by atoms with van der Waals surface area (Å²) in [5.41, 5.74) is -0.499. The summed E-state index contributed by atoms with van der Waals surface area (Å²) in [6.45, 7) is 0. The lowest BCUT2D eigenvalue weighted by atomic mass is 9.91. The molecule has 0 fully saturated rings. The molecule has 0 bridgehead atoms. The van der Waals surface area contributed by atoms with Gasteiger partial charge in [0, 0.05) is 28.6 Å². The second kappa shape index (κ2) is 8.25. The lowest BCUT2D eigenvalue weighted by Gasteiger charge is -2.16. The molecule has 4 aromatic rings. The third-order valence-electron chi connectivity index (χ3n) is 5.15. The van der Waals surface area contributed by atoms with Gasteiger partial charge in [-0.2, -0.15) is 13.2 Å². The average molecular weight is 475 g/mol. The van der Waals surface area contributed by atoms with Crippen LogP contribution >= 0.6 is 11.6 Å². The van der Waals surface area contributed by atoms with Crippen LogP contribution in [0.2, 0.25) is 5.02 Å². The Morgan fingerprint density at radius 1 is 0.970 bits per heavy atom. The fourth-order valence-corrected chi connectivity index (χ4v) is 3.80. The van der Waals surface area contributed by atoms with Crippen LogP contribution in [0.1, 0.15) is 5.56 Å². The SMILES string of the molecule is COc1cc(-c2c(-c3ccc([N+](=O)[O-])cc3)c(=O)[nH]c3ccc(C(F)(F)F)cc23)ccc1Cl. The Hall–Kier alpha value is -3.85. The van der Waals surface area contributed by atoms with Crippen LogP contribution in [0.4, 0.5) is 18.9 Å². The molecule has 1 heterocycles. The molecular formula is C23H14ClF3N2O4. The number of aromatic amines is 1. The van der Waals surface area contributed by atoms with Gasteiger partial charge in [0.15, 0.2) is 0 Å². The van der Waals surface area contributed by atoms with Gasteiger partial charge in [0.25, 0.3) is 11.2 Å². The van der Waals surface area contributed by atoms with Gasteiger partial charge in [-0.05, 0) is 53.6 Å². The van der Waals surface area contributed by atoms with Gasteiger partial charge in [-0.25, -0.2) is 0 Å². The van der Waals surface area contributed by atoms with E-state index in [1.54, 1.807) is 6.07 Å². The van der Waals surface area contributed by atoms with Crippen LogP contribution in [0, 0.1) is 10.1 Å². The van der Waals surface area contributed by atoms with E-state index in [1.165, 1.54) is 49.6 Å². The first-order valence-corrected chi connectivity index (χ1v) is 9.84. The molecule has 0 atom stereocenters. The Morgan fingerprint density at radius 2 is 1.64 bits per heavy atom. The number of non-ortho nitro benzene ring substituents is 1. The van der Waals surface area contributed by atoms with Crippen molar-refractivity contribution in [3.8, 4) is 28.0 Å². The highest BCUT2D eigenvalue weighted by Crippen LogP contribution is 2.40. The minimum Gasteiger partial charge on any atom is -0.495 e. The number of aromatic nitrogens is 1. The second-order valence-corrected chi connectivity index (χ2v) is 7.52. The Labute approximate surface area is 189 Å². The fourth-order valence-electron chi connectivity index (χ4n) is 3.61. The molecule has 0 spiro atoms. The van der Waals surface area contributed by atoms with E-state index in [2.05, 4.69) is 4.98 Å². The standard InChI is InChI=1S/C23H14ClF3N2O4/c1-33-19-10-13(4-8-17(19)24)20-16-11-14(23(25,26)27)5-9-18(16)28-22(30)21(20)12-2-6-15(7-3-12)29(31)32/h2-11H,1H3,(H,28,30). The number of rotatable bonds is 4. The van der Waals surface area contributed by atoms with Gasteiger partial charge in [-0.15, -0.1) is 0 Å². The molecule has 6 nitrogen and oxygen atoms in total. The molecule has 0 aliphatic heterocycles. The molecule has 0 saturated heterocycles. The largest absolute Gasteiger partial charge is 0.495 e. The first-order chi connectivity index (χ1) is 15.6. The molecule has 10 heteroatoms. The van der Waals surface area contributed by atoms with E-state index >= 15 is 0 Å². The molecule has 1 N–H and O–H groups in total. The third kappa shape index (κ3) is 4.14. The molecule has 1 aromatic heterocycles.